The first-order valence-corrected chi connectivity index (χ1v) is 14.5. The molecule has 0 saturated carbocycles. The summed E-state index contributed by atoms with van der Waals surface area (Å²) in [4.78, 5) is 14.1. The van der Waals surface area contributed by atoms with Gasteiger partial charge in [0.2, 0.25) is 15.9 Å². The fraction of sp³-hybridized carbons (Fsp3) is 0.500. The van der Waals surface area contributed by atoms with Crippen molar-refractivity contribution in [2.45, 2.75) is 74.6 Å². The third-order valence-electron chi connectivity index (χ3n) is 7.00. The highest BCUT2D eigenvalue weighted by Crippen LogP contribution is 2.32. The number of benzene rings is 2. The molecule has 0 aromatic heterocycles. The Morgan fingerprint density at radius 3 is 2.55 bits per heavy atom. The number of hydrogen-bond donors (Lipinski definition) is 2. The molecule has 0 unspecified atom stereocenters. The Morgan fingerprint density at radius 1 is 1.11 bits per heavy atom. The Bertz CT molecular complexity index is 1270. The van der Waals surface area contributed by atoms with E-state index in [1.807, 2.05) is 12.1 Å². The smallest absolute Gasteiger partial charge is 0.349 e. The molecule has 0 spiro atoms. The van der Waals surface area contributed by atoms with Crippen molar-refractivity contribution in [3.8, 4) is 0 Å². The van der Waals surface area contributed by atoms with Gasteiger partial charge in [0.25, 0.3) is 0 Å². The van der Waals surface area contributed by atoms with Gasteiger partial charge in [0.1, 0.15) is 10.9 Å². The summed E-state index contributed by atoms with van der Waals surface area (Å²) in [5.41, 5.74) is 3.08. The van der Waals surface area contributed by atoms with Crippen LogP contribution in [0.2, 0.25) is 5.02 Å². The predicted molar refractivity (Wildman–Crippen MR) is 136 cm³/mol. The summed E-state index contributed by atoms with van der Waals surface area (Å²) in [5, 5.41) is 2.09. The van der Waals surface area contributed by atoms with E-state index in [9.17, 15) is 30.8 Å². The van der Waals surface area contributed by atoms with Gasteiger partial charge in [0, 0.05) is 6.54 Å². The number of carbonyl (C=O) groups is 1. The highest BCUT2D eigenvalue weighted by Gasteiger charge is 2.44. The molecule has 0 bridgehead atoms. The molecule has 2 atom stereocenters. The number of halogens is 5. The van der Waals surface area contributed by atoms with Gasteiger partial charge in [-0.1, -0.05) is 42.3 Å². The van der Waals surface area contributed by atoms with Crippen molar-refractivity contribution in [3.63, 3.8) is 0 Å². The zero-order valence-electron chi connectivity index (χ0n) is 20.7. The Kier molecular flexibility index (Phi) is 9.01. The first-order valence-electron chi connectivity index (χ1n) is 12.6. The Balaban J connectivity index is 1.44. The number of fused-ring (bicyclic) bond motifs is 1. The van der Waals surface area contributed by atoms with Gasteiger partial charge in [0.15, 0.2) is 5.82 Å². The molecule has 208 valence electrons. The summed E-state index contributed by atoms with van der Waals surface area (Å²) in [6, 6.07) is 5.77. The molecule has 2 aromatic carbocycles. The number of amides is 1. The second-order valence-corrected chi connectivity index (χ2v) is 11.9. The standard InChI is InChI=1S/C26H30ClF4N3O3S/c27-20-7-5-9-22(25(20)28)38(36,37)33-23(26(29,30)31)15-24(35)32-21-8-4-6-18-14-17(10-11-19(18)21)16-34-12-2-1-3-13-34/h5,7,9-11,14,21,23,33H,1-4,6,8,12-13,15-16H2,(H,32,35)/t21-,23+/m1/s1. The molecule has 1 aliphatic heterocycles. The van der Waals surface area contributed by atoms with E-state index in [0.29, 0.717) is 6.42 Å². The van der Waals surface area contributed by atoms with E-state index in [1.165, 1.54) is 24.0 Å². The van der Waals surface area contributed by atoms with E-state index in [0.717, 1.165) is 67.4 Å². The SMILES string of the molecule is O=C(C[C@H](NS(=O)(=O)c1cccc(Cl)c1F)C(F)(F)F)N[C@@H]1CCCc2cc(CN3CCCCC3)ccc21. The van der Waals surface area contributed by atoms with Crippen molar-refractivity contribution >= 4 is 27.5 Å². The number of hydrogen-bond acceptors (Lipinski definition) is 4. The van der Waals surface area contributed by atoms with Crippen LogP contribution in [-0.4, -0.2) is 44.5 Å². The molecule has 2 N–H and O–H groups in total. The third kappa shape index (κ3) is 7.05. The first-order chi connectivity index (χ1) is 17.9. The predicted octanol–water partition coefficient (Wildman–Crippen LogP) is 5.26. The fourth-order valence-corrected chi connectivity index (χ4v) is 6.65. The highest BCUT2D eigenvalue weighted by atomic mass is 35.5. The van der Waals surface area contributed by atoms with E-state index in [4.69, 9.17) is 11.6 Å². The second-order valence-electron chi connectivity index (χ2n) is 9.85. The minimum absolute atomic E-state index is 0.480. The van der Waals surface area contributed by atoms with Crippen molar-refractivity contribution in [1.29, 1.82) is 0 Å². The molecule has 1 aliphatic carbocycles. The first kappa shape index (κ1) is 28.8. The molecule has 1 fully saturated rings. The van der Waals surface area contributed by atoms with Crippen LogP contribution >= 0.6 is 11.6 Å². The van der Waals surface area contributed by atoms with Gasteiger partial charge < -0.3 is 5.32 Å². The molecule has 2 aliphatic rings. The molecule has 38 heavy (non-hydrogen) atoms. The van der Waals surface area contributed by atoms with Gasteiger partial charge in [0.05, 0.1) is 17.5 Å². The maximum Gasteiger partial charge on any atom is 0.405 e. The molecule has 12 heteroatoms. The maximum atomic E-state index is 14.2. The summed E-state index contributed by atoms with van der Waals surface area (Å²) in [7, 11) is -4.95. The van der Waals surface area contributed by atoms with Crippen molar-refractivity contribution in [2.75, 3.05) is 13.1 Å². The van der Waals surface area contributed by atoms with Crippen LogP contribution < -0.4 is 10.0 Å². The summed E-state index contributed by atoms with van der Waals surface area (Å²) < 4.78 is 81.9. The van der Waals surface area contributed by atoms with E-state index in [1.54, 1.807) is 0 Å². The highest BCUT2D eigenvalue weighted by molar-refractivity contribution is 7.89. The number of rotatable bonds is 8. The van der Waals surface area contributed by atoms with Crippen LogP contribution in [0.1, 0.15) is 61.3 Å². The summed E-state index contributed by atoms with van der Waals surface area (Å²) in [6.45, 7) is 2.96. The zero-order chi connectivity index (χ0) is 27.5. The van der Waals surface area contributed by atoms with Crippen LogP contribution in [-0.2, 0) is 27.8 Å². The van der Waals surface area contributed by atoms with Gasteiger partial charge in [-0.2, -0.15) is 17.9 Å². The molecule has 1 saturated heterocycles. The average Bonchev–Trinajstić information content (AvgIpc) is 2.85. The van der Waals surface area contributed by atoms with Crippen LogP contribution in [0.15, 0.2) is 41.3 Å². The van der Waals surface area contributed by atoms with Gasteiger partial charge >= 0.3 is 6.18 Å². The Hall–Kier alpha value is -2.21. The summed E-state index contributed by atoms with van der Waals surface area (Å²) >= 11 is 5.58. The van der Waals surface area contributed by atoms with Gasteiger partial charge in [-0.3, -0.25) is 9.69 Å². The van der Waals surface area contributed by atoms with E-state index < -0.39 is 56.3 Å². The number of nitrogens with one attached hydrogen (secondary N) is 2. The number of piperidine rings is 1. The number of carbonyl (C=O) groups excluding carboxylic acids is 1. The number of nitrogens with zero attached hydrogens (tertiary/aromatic N) is 1. The summed E-state index contributed by atoms with van der Waals surface area (Å²) in [5.74, 6) is -2.33. The van der Waals surface area contributed by atoms with Crippen molar-refractivity contribution in [2.24, 2.45) is 0 Å². The molecule has 1 heterocycles. The van der Waals surface area contributed by atoms with Gasteiger partial charge in [-0.05, 0) is 74.0 Å². The number of aryl methyl sites for hydroxylation is 1. The number of sulfonamides is 1. The van der Waals surface area contributed by atoms with E-state index >= 15 is 0 Å². The largest absolute Gasteiger partial charge is 0.405 e. The zero-order valence-corrected chi connectivity index (χ0v) is 22.2. The molecular weight excluding hydrogens is 546 g/mol. The van der Waals surface area contributed by atoms with Crippen molar-refractivity contribution in [1.82, 2.24) is 14.9 Å². The average molecular weight is 576 g/mol. The van der Waals surface area contributed by atoms with Crippen LogP contribution in [0.5, 0.6) is 0 Å². The number of likely N-dealkylation sites (tertiary alicyclic amines) is 1. The molecule has 0 radical (unpaired) electrons. The van der Waals surface area contributed by atoms with Crippen LogP contribution in [0.25, 0.3) is 0 Å². The van der Waals surface area contributed by atoms with Crippen LogP contribution in [0.4, 0.5) is 17.6 Å². The monoisotopic (exact) mass is 575 g/mol. The molecule has 1 amide bonds. The number of alkyl halides is 3. The second kappa shape index (κ2) is 11.9. The minimum Gasteiger partial charge on any atom is -0.349 e. The Morgan fingerprint density at radius 2 is 1.84 bits per heavy atom. The topological polar surface area (TPSA) is 78.5 Å². The van der Waals surface area contributed by atoms with Crippen LogP contribution in [0, 0.1) is 5.82 Å². The quantitative estimate of drug-likeness (QED) is 0.421. The lowest BCUT2D eigenvalue weighted by Crippen LogP contribution is -2.48. The molecular formula is C26H30ClF4N3O3S. The van der Waals surface area contributed by atoms with Gasteiger partial charge in [-0.25, -0.2) is 12.8 Å². The normalized spacial score (nSPS) is 19.6. The fourth-order valence-electron chi connectivity index (χ4n) is 5.10. The van der Waals surface area contributed by atoms with E-state index in [2.05, 4.69) is 16.3 Å². The van der Waals surface area contributed by atoms with Crippen LogP contribution in [0.3, 0.4) is 0 Å². The van der Waals surface area contributed by atoms with Crippen molar-refractivity contribution < 1.29 is 30.8 Å². The lowest BCUT2D eigenvalue weighted by Gasteiger charge is -2.30. The maximum absolute atomic E-state index is 14.2. The lowest BCUT2D eigenvalue weighted by atomic mass is 9.86. The Labute approximate surface area is 224 Å². The summed E-state index contributed by atoms with van der Waals surface area (Å²) in [6.07, 6.45) is -0.543. The molecule has 2 aromatic rings. The third-order valence-corrected chi connectivity index (χ3v) is 8.78. The molecule has 4 rings (SSSR count). The van der Waals surface area contributed by atoms with E-state index in [-0.39, 0.29) is 0 Å². The van der Waals surface area contributed by atoms with Crippen molar-refractivity contribution in [3.05, 3.63) is 63.9 Å². The van der Waals surface area contributed by atoms with Gasteiger partial charge in [-0.15, -0.1) is 0 Å². The lowest BCUT2D eigenvalue weighted by molar-refractivity contribution is -0.158. The minimum atomic E-state index is -5.09. The molecule has 6 nitrogen and oxygen atoms in total.